The molecule has 2 aliphatic heterocycles. The molecule has 0 radical (unpaired) electrons. The molecule has 10 nitrogen and oxygen atoms in total. The summed E-state index contributed by atoms with van der Waals surface area (Å²) in [5.74, 6) is 0.901. The van der Waals surface area contributed by atoms with Crippen LogP contribution in [0.1, 0.15) is 23.3 Å². The molecule has 0 spiro atoms. The van der Waals surface area contributed by atoms with Gasteiger partial charge in [-0.3, -0.25) is 24.7 Å². The second-order valence-electron chi connectivity index (χ2n) is 7.83. The van der Waals surface area contributed by atoms with E-state index in [9.17, 15) is 19.7 Å². The molecule has 35 heavy (non-hydrogen) atoms. The molecule has 11 heteroatoms. The second-order valence-corrected chi connectivity index (χ2v) is 8.77. The highest BCUT2D eigenvalue weighted by atomic mass is 32.2. The standard InChI is InChI=1S/C24H19N5O5S/c30-21(25-13-17-4-3-11-34-17)12-20-23(31)28-22(26-20)18-5-1-2-6-19(18)27-24(28)35-14-15-7-9-16(10-8-15)29(32)33/h1-11,20H,12-14H2,(H,25,30). The van der Waals surface area contributed by atoms with Crippen molar-refractivity contribution in [2.24, 2.45) is 9.98 Å². The zero-order valence-corrected chi connectivity index (χ0v) is 19.1. The number of amides is 2. The van der Waals surface area contributed by atoms with Crippen LogP contribution >= 0.6 is 11.8 Å². The lowest BCUT2D eigenvalue weighted by molar-refractivity contribution is -0.384. The van der Waals surface area contributed by atoms with Gasteiger partial charge in [0.2, 0.25) is 5.91 Å². The molecule has 0 saturated carbocycles. The van der Waals surface area contributed by atoms with Crippen LogP contribution in [0.3, 0.4) is 0 Å². The van der Waals surface area contributed by atoms with E-state index in [1.807, 2.05) is 24.3 Å². The largest absolute Gasteiger partial charge is 0.467 e. The zero-order valence-electron chi connectivity index (χ0n) is 18.3. The Morgan fingerprint density at radius 2 is 1.94 bits per heavy atom. The summed E-state index contributed by atoms with van der Waals surface area (Å²) in [7, 11) is 0. The van der Waals surface area contributed by atoms with Gasteiger partial charge in [0, 0.05) is 23.4 Å². The van der Waals surface area contributed by atoms with E-state index in [-0.39, 0.29) is 30.5 Å². The quantitative estimate of drug-likeness (QED) is 0.397. The van der Waals surface area contributed by atoms with Crippen LogP contribution in [-0.2, 0) is 21.9 Å². The van der Waals surface area contributed by atoms with Crippen molar-refractivity contribution in [1.29, 1.82) is 0 Å². The molecule has 0 bridgehead atoms. The van der Waals surface area contributed by atoms with Crippen LogP contribution in [0.4, 0.5) is 11.4 Å². The number of hydrogen-bond acceptors (Lipinski definition) is 8. The van der Waals surface area contributed by atoms with Gasteiger partial charge in [0.05, 0.1) is 29.8 Å². The molecular weight excluding hydrogens is 470 g/mol. The van der Waals surface area contributed by atoms with Crippen LogP contribution in [0.5, 0.6) is 0 Å². The van der Waals surface area contributed by atoms with E-state index in [1.54, 1.807) is 24.3 Å². The Bertz CT molecular complexity index is 1350. The summed E-state index contributed by atoms with van der Waals surface area (Å²) >= 11 is 1.33. The number of nitro benzene ring substituents is 1. The van der Waals surface area contributed by atoms with Gasteiger partial charge in [-0.2, -0.15) is 0 Å². The molecule has 1 aromatic heterocycles. The summed E-state index contributed by atoms with van der Waals surface area (Å²) in [4.78, 5) is 47.0. The minimum atomic E-state index is -0.863. The number of thioether (sulfide) groups is 1. The van der Waals surface area contributed by atoms with Gasteiger partial charge in [0.15, 0.2) is 5.17 Å². The molecule has 2 aliphatic rings. The lowest BCUT2D eigenvalue weighted by atomic mass is 10.1. The summed E-state index contributed by atoms with van der Waals surface area (Å²) in [6, 6.07) is 16.2. The number of hydrogen-bond donors (Lipinski definition) is 1. The van der Waals surface area contributed by atoms with Crippen molar-refractivity contribution in [2.45, 2.75) is 24.8 Å². The van der Waals surface area contributed by atoms with Crippen LogP contribution in [-0.4, -0.2) is 38.7 Å². The maximum atomic E-state index is 13.3. The number of furan rings is 1. The number of aliphatic imine (C=N–C) groups is 2. The summed E-state index contributed by atoms with van der Waals surface area (Å²) in [6.07, 6.45) is 1.43. The number of nitro groups is 1. The Kier molecular flexibility index (Phi) is 6.15. The molecule has 176 valence electrons. The minimum Gasteiger partial charge on any atom is -0.467 e. The summed E-state index contributed by atoms with van der Waals surface area (Å²) in [5, 5.41) is 14.1. The molecule has 0 fully saturated rings. The third kappa shape index (κ3) is 4.71. The fraction of sp³-hybridized carbons (Fsp3) is 0.167. The number of fused-ring (bicyclic) bond motifs is 3. The molecule has 1 N–H and O–H groups in total. The molecule has 1 unspecified atom stereocenters. The number of para-hydroxylation sites is 1. The number of carbonyl (C=O) groups excluding carboxylic acids is 2. The first-order valence-corrected chi connectivity index (χ1v) is 11.7. The van der Waals surface area contributed by atoms with Crippen LogP contribution in [0.25, 0.3) is 0 Å². The first-order chi connectivity index (χ1) is 17.0. The minimum absolute atomic E-state index is 0.0139. The van der Waals surface area contributed by atoms with Gasteiger partial charge in [0.25, 0.3) is 11.6 Å². The third-order valence-electron chi connectivity index (χ3n) is 5.48. The third-order valence-corrected chi connectivity index (χ3v) is 6.49. The normalized spacial score (nSPS) is 16.3. The van der Waals surface area contributed by atoms with Crippen LogP contribution in [0.15, 0.2) is 81.3 Å². The fourth-order valence-electron chi connectivity index (χ4n) is 3.74. The highest BCUT2D eigenvalue weighted by molar-refractivity contribution is 8.13. The van der Waals surface area contributed by atoms with E-state index in [4.69, 9.17) is 4.42 Å². The smallest absolute Gasteiger partial charge is 0.269 e. The highest BCUT2D eigenvalue weighted by Crippen LogP contribution is 2.35. The van der Waals surface area contributed by atoms with Crippen molar-refractivity contribution >= 4 is 46.0 Å². The monoisotopic (exact) mass is 489 g/mol. The molecule has 2 aromatic carbocycles. The number of nitrogens with one attached hydrogen (secondary N) is 1. The fourth-order valence-corrected chi connectivity index (χ4v) is 4.70. The van der Waals surface area contributed by atoms with Gasteiger partial charge < -0.3 is 9.73 Å². The average molecular weight is 490 g/mol. The molecule has 3 aromatic rings. The molecule has 0 aliphatic carbocycles. The van der Waals surface area contributed by atoms with Crippen molar-refractivity contribution in [3.8, 4) is 0 Å². The SMILES string of the molecule is O=C(CC1N=C2c3ccccc3N=C(SCc3ccc([N+](=O)[O-])cc3)N2C1=O)NCc1ccco1. The van der Waals surface area contributed by atoms with Crippen LogP contribution < -0.4 is 5.32 Å². The summed E-state index contributed by atoms with van der Waals surface area (Å²) in [5.41, 5.74) is 2.27. The Morgan fingerprint density at radius 1 is 1.14 bits per heavy atom. The molecule has 5 rings (SSSR count). The summed E-state index contributed by atoms with van der Waals surface area (Å²) < 4.78 is 5.22. The predicted molar refractivity (Wildman–Crippen MR) is 130 cm³/mol. The van der Waals surface area contributed by atoms with Gasteiger partial charge >= 0.3 is 0 Å². The number of nitrogens with zero attached hydrogens (tertiary/aromatic N) is 4. The van der Waals surface area contributed by atoms with Crippen molar-refractivity contribution in [3.63, 3.8) is 0 Å². The number of benzene rings is 2. The number of amidine groups is 2. The molecule has 0 saturated heterocycles. The van der Waals surface area contributed by atoms with Crippen molar-refractivity contribution in [1.82, 2.24) is 10.2 Å². The first-order valence-electron chi connectivity index (χ1n) is 10.7. The first kappa shape index (κ1) is 22.5. The molecular formula is C24H19N5O5S. The average Bonchev–Trinajstić information content (AvgIpc) is 3.50. The van der Waals surface area contributed by atoms with E-state index >= 15 is 0 Å². The Labute approximate surface area is 203 Å². The zero-order chi connectivity index (χ0) is 24.4. The topological polar surface area (TPSA) is 130 Å². The van der Waals surface area contributed by atoms with Gasteiger partial charge in [-0.05, 0) is 29.8 Å². The Balaban J connectivity index is 1.33. The lowest BCUT2D eigenvalue weighted by Crippen LogP contribution is -2.42. The van der Waals surface area contributed by atoms with Crippen molar-refractivity contribution < 1.29 is 18.9 Å². The molecule has 3 heterocycles. The highest BCUT2D eigenvalue weighted by Gasteiger charge is 2.42. The van der Waals surface area contributed by atoms with Crippen molar-refractivity contribution in [3.05, 3.63) is 93.9 Å². The maximum absolute atomic E-state index is 13.3. The van der Waals surface area contributed by atoms with Gasteiger partial charge in [-0.15, -0.1) is 0 Å². The van der Waals surface area contributed by atoms with E-state index in [2.05, 4.69) is 15.3 Å². The number of rotatable bonds is 7. The van der Waals surface area contributed by atoms with E-state index in [0.717, 1.165) is 11.1 Å². The van der Waals surface area contributed by atoms with Crippen LogP contribution in [0, 0.1) is 10.1 Å². The van der Waals surface area contributed by atoms with Gasteiger partial charge in [-0.25, -0.2) is 9.89 Å². The number of carbonyl (C=O) groups is 2. The van der Waals surface area contributed by atoms with Gasteiger partial charge in [-0.1, -0.05) is 36.0 Å². The second kappa shape index (κ2) is 9.55. The maximum Gasteiger partial charge on any atom is 0.269 e. The predicted octanol–water partition coefficient (Wildman–Crippen LogP) is 3.79. The van der Waals surface area contributed by atoms with E-state index in [0.29, 0.717) is 28.2 Å². The Morgan fingerprint density at radius 3 is 2.69 bits per heavy atom. The molecule has 2 amide bonds. The summed E-state index contributed by atoms with van der Waals surface area (Å²) in [6.45, 7) is 0.230. The van der Waals surface area contributed by atoms with E-state index < -0.39 is 11.0 Å². The Hall–Kier alpha value is -4.25. The van der Waals surface area contributed by atoms with Crippen molar-refractivity contribution in [2.75, 3.05) is 0 Å². The van der Waals surface area contributed by atoms with Gasteiger partial charge in [0.1, 0.15) is 17.6 Å². The van der Waals surface area contributed by atoms with E-state index in [1.165, 1.54) is 35.1 Å². The van der Waals surface area contributed by atoms with Crippen LogP contribution in [0.2, 0.25) is 0 Å². The number of non-ortho nitro benzene ring substituents is 1. The molecule has 1 atom stereocenters. The lowest BCUT2D eigenvalue weighted by Gasteiger charge is -2.25.